The fourth-order valence-electron chi connectivity index (χ4n) is 2.53. The SMILES string of the molecule is O=S(=O)(CCCO)c1ccc(-c2cc(Cl)nn2-c2ccccc2)cc1. The number of aromatic nitrogens is 2. The fourth-order valence-corrected chi connectivity index (χ4v) is 4.00. The van der Waals surface area contributed by atoms with Crippen LogP contribution in [0.1, 0.15) is 6.42 Å². The van der Waals surface area contributed by atoms with Crippen molar-refractivity contribution in [2.24, 2.45) is 0 Å². The van der Waals surface area contributed by atoms with Gasteiger partial charge in [-0.05, 0) is 30.7 Å². The first-order valence-electron chi connectivity index (χ1n) is 7.76. The topological polar surface area (TPSA) is 72.2 Å². The van der Waals surface area contributed by atoms with Gasteiger partial charge in [-0.3, -0.25) is 0 Å². The van der Waals surface area contributed by atoms with E-state index in [1.807, 2.05) is 30.3 Å². The lowest BCUT2D eigenvalue weighted by Gasteiger charge is -2.08. The molecule has 2 aromatic carbocycles. The van der Waals surface area contributed by atoms with Crippen molar-refractivity contribution in [1.82, 2.24) is 9.78 Å². The van der Waals surface area contributed by atoms with Crippen molar-refractivity contribution in [2.75, 3.05) is 12.4 Å². The van der Waals surface area contributed by atoms with Crippen molar-refractivity contribution in [1.29, 1.82) is 0 Å². The van der Waals surface area contributed by atoms with E-state index >= 15 is 0 Å². The quantitative estimate of drug-likeness (QED) is 0.716. The molecule has 0 aliphatic carbocycles. The molecule has 0 spiro atoms. The summed E-state index contributed by atoms with van der Waals surface area (Å²) in [4.78, 5) is 0.238. The van der Waals surface area contributed by atoms with Gasteiger partial charge < -0.3 is 5.11 Å². The second-order valence-electron chi connectivity index (χ2n) is 5.52. The molecule has 0 radical (unpaired) electrons. The largest absolute Gasteiger partial charge is 0.396 e. The van der Waals surface area contributed by atoms with Gasteiger partial charge in [-0.15, -0.1) is 0 Å². The van der Waals surface area contributed by atoms with E-state index in [4.69, 9.17) is 16.7 Å². The Labute approximate surface area is 151 Å². The van der Waals surface area contributed by atoms with Crippen LogP contribution in [0.2, 0.25) is 5.15 Å². The Hall–Kier alpha value is -2.15. The molecule has 0 fully saturated rings. The summed E-state index contributed by atoms with van der Waals surface area (Å²) in [5.41, 5.74) is 2.45. The molecule has 0 bridgehead atoms. The molecule has 25 heavy (non-hydrogen) atoms. The van der Waals surface area contributed by atoms with Crippen LogP contribution in [0.4, 0.5) is 0 Å². The van der Waals surface area contributed by atoms with E-state index in [1.165, 1.54) is 0 Å². The van der Waals surface area contributed by atoms with Gasteiger partial charge in [0.1, 0.15) is 0 Å². The number of hydrogen-bond donors (Lipinski definition) is 1. The van der Waals surface area contributed by atoms with Crippen LogP contribution in [0.25, 0.3) is 16.9 Å². The molecule has 1 heterocycles. The summed E-state index contributed by atoms with van der Waals surface area (Å²) in [6.07, 6.45) is 0.223. The smallest absolute Gasteiger partial charge is 0.178 e. The minimum atomic E-state index is -3.39. The molecule has 5 nitrogen and oxygen atoms in total. The number of hydrogen-bond acceptors (Lipinski definition) is 4. The van der Waals surface area contributed by atoms with Gasteiger partial charge in [-0.25, -0.2) is 13.1 Å². The zero-order chi connectivity index (χ0) is 17.9. The third kappa shape index (κ3) is 3.92. The number of nitrogens with zero attached hydrogens (tertiary/aromatic N) is 2. The van der Waals surface area contributed by atoms with E-state index < -0.39 is 9.84 Å². The molecule has 0 saturated heterocycles. The van der Waals surface area contributed by atoms with Gasteiger partial charge in [0.2, 0.25) is 0 Å². The first kappa shape index (κ1) is 17.7. The summed E-state index contributed by atoms with van der Waals surface area (Å²) in [6.45, 7) is -0.147. The summed E-state index contributed by atoms with van der Waals surface area (Å²) in [6, 6.07) is 17.9. The summed E-state index contributed by atoms with van der Waals surface area (Å²) in [5.74, 6) is -0.0728. The predicted molar refractivity (Wildman–Crippen MR) is 97.8 cm³/mol. The van der Waals surface area contributed by atoms with Gasteiger partial charge in [0.05, 0.1) is 22.0 Å². The van der Waals surface area contributed by atoms with Crippen molar-refractivity contribution in [3.05, 3.63) is 65.8 Å². The fraction of sp³-hybridized carbons (Fsp3) is 0.167. The third-order valence-electron chi connectivity index (χ3n) is 3.76. The van der Waals surface area contributed by atoms with Crippen LogP contribution in [-0.2, 0) is 9.84 Å². The Morgan fingerprint density at radius 1 is 1.04 bits per heavy atom. The molecule has 3 aromatic rings. The Kier molecular flexibility index (Phi) is 5.22. The third-order valence-corrected chi connectivity index (χ3v) is 5.76. The van der Waals surface area contributed by atoms with Crippen LogP contribution in [0.15, 0.2) is 65.6 Å². The van der Waals surface area contributed by atoms with E-state index in [-0.39, 0.29) is 23.7 Å². The Morgan fingerprint density at radius 3 is 2.36 bits per heavy atom. The maximum absolute atomic E-state index is 12.2. The highest BCUT2D eigenvalue weighted by molar-refractivity contribution is 7.91. The summed E-state index contributed by atoms with van der Waals surface area (Å²) < 4.78 is 26.1. The average Bonchev–Trinajstić information content (AvgIpc) is 3.03. The van der Waals surface area contributed by atoms with Gasteiger partial charge in [0.15, 0.2) is 15.0 Å². The minimum absolute atomic E-state index is 0.0728. The van der Waals surface area contributed by atoms with Crippen molar-refractivity contribution in [3.8, 4) is 16.9 Å². The van der Waals surface area contributed by atoms with Crippen LogP contribution in [0.3, 0.4) is 0 Å². The standard InChI is InChI=1S/C18H17ClN2O3S/c19-18-13-17(21(20-18)15-5-2-1-3-6-15)14-7-9-16(10-8-14)25(23,24)12-4-11-22/h1-3,5-10,13,22H,4,11-12H2. The molecular formula is C18H17ClN2O3S. The van der Waals surface area contributed by atoms with Gasteiger partial charge in [0.25, 0.3) is 0 Å². The van der Waals surface area contributed by atoms with Crippen molar-refractivity contribution < 1.29 is 13.5 Å². The monoisotopic (exact) mass is 376 g/mol. The van der Waals surface area contributed by atoms with Gasteiger partial charge in [-0.1, -0.05) is 41.9 Å². The van der Waals surface area contributed by atoms with Crippen LogP contribution < -0.4 is 0 Å². The molecule has 0 saturated carbocycles. The van der Waals surface area contributed by atoms with Gasteiger partial charge in [0, 0.05) is 18.2 Å². The molecular weight excluding hydrogens is 360 g/mol. The van der Waals surface area contributed by atoms with E-state index in [0.29, 0.717) is 5.15 Å². The van der Waals surface area contributed by atoms with Crippen LogP contribution in [0.5, 0.6) is 0 Å². The second kappa shape index (κ2) is 7.39. The first-order valence-corrected chi connectivity index (χ1v) is 9.79. The number of aliphatic hydroxyl groups is 1. The predicted octanol–water partition coefficient (Wildman–Crippen LogP) is 3.35. The number of aliphatic hydroxyl groups excluding tert-OH is 1. The van der Waals surface area contributed by atoms with E-state index in [0.717, 1.165) is 16.9 Å². The zero-order valence-corrected chi connectivity index (χ0v) is 14.9. The average molecular weight is 377 g/mol. The van der Waals surface area contributed by atoms with Gasteiger partial charge in [-0.2, -0.15) is 5.10 Å². The van der Waals surface area contributed by atoms with Crippen molar-refractivity contribution >= 4 is 21.4 Å². The zero-order valence-electron chi connectivity index (χ0n) is 13.3. The Morgan fingerprint density at radius 2 is 1.72 bits per heavy atom. The first-order chi connectivity index (χ1) is 12.0. The normalized spacial score (nSPS) is 11.6. The highest BCUT2D eigenvalue weighted by atomic mass is 35.5. The van der Waals surface area contributed by atoms with Crippen molar-refractivity contribution in [2.45, 2.75) is 11.3 Å². The van der Waals surface area contributed by atoms with Gasteiger partial charge >= 0.3 is 0 Å². The maximum atomic E-state index is 12.2. The number of sulfone groups is 1. The molecule has 0 unspecified atom stereocenters. The number of rotatable bonds is 6. The number of halogens is 1. The van der Waals surface area contributed by atoms with Crippen LogP contribution in [0, 0.1) is 0 Å². The highest BCUT2D eigenvalue weighted by Crippen LogP contribution is 2.27. The Balaban J connectivity index is 1.97. The lowest BCUT2D eigenvalue weighted by Crippen LogP contribution is -2.08. The Bertz CT molecular complexity index is 952. The molecule has 7 heteroatoms. The van der Waals surface area contributed by atoms with Crippen LogP contribution >= 0.6 is 11.6 Å². The lowest BCUT2D eigenvalue weighted by molar-refractivity contribution is 0.295. The van der Waals surface area contributed by atoms with Crippen LogP contribution in [-0.4, -0.2) is 35.7 Å². The van der Waals surface area contributed by atoms with E-state index in [1.54, 1.807) is 35.0 Å². The lowest BCUT2D eigenvalue weighted by atomic mass is 10.1. The molecule has 0 atom stereocenters. The number of benzene rings is 2. The molecule has 0 aliphatic rings. The molecule has 3 rings (SSSR count). The van der Waals surface area contributed by atoms with E-state index in [9.17, 15) is 8.42 Å². The summed E-state index contributed by atoms with van der Waals surface area (Å²) in [7, 11) is -3.39. The molecule has 1 N–H and O–H groups in total. The highest BCUT2D eigenvalue weighted by Gasteiger charge is 2.15. The van der Waals surface area contributed by atoms with E-state index in [2.05, 4.69) is 5.10 Å². The maximum Gasteiger partial charge on any atom is 0.178 e. The summed E-state index contributed by atoms with van der Waals surface area (Å²) >= 11 is 6.07. The summed E-state index contributed by atoms with van der Waals surface area (Å²) in [5, 5.41) is 13.5. The number of para-hydroxylation sites is 1. The molecule has 130 valence electrons. The minimum Gasteiger partial charge on any atom is -0.396 e. The second-order valence-corrected chi connectivity index (χ2v) is 8.02. The molecule has 0 amide bonds. The van der Waals surface area contributed by atoms with Crippen molar-refractivity contribution in [3.63, 3.8) is 0 Å². The molecule has 0 aliphatic heterocycles. The molecule has 1 aromatic heterocycles.